The van der Waals surface area contributed by atoms with E-state index in [4.69, 9.17) is 11.0 Å². The maximum absolute atomic E-state index is 12.4. The fraction of sp³-hybridized carbons (Fsp3) is 0.286. The quantitative estimate of drug-likeness (QED) is 0.764. The van der Waals surface area contributed by atoms with Gasteiger partial charge in [-0.25, -0.2) is 4.68 Å². The number of para-hydroxylation sites is 1. The second-order valence-corrected chi connectivity index (χ2v) is 5.18. The Balaban J connectivity index is 1.69. The number of nitriles is 1. The summed E-state index contributed by atoms with van der Waals surface area (Å²) in [5.74, 6) is -0.506. The molecule has 0 aliphatic carbocycles. The average Bonchev–Trinajstić information content (AvgIpc) is 2.99. The van der Waals surface area contributed by atoms with Crippen LogP contribution in [-0.2, 0) is 16.1 Å². The maximum atomic E-state index is 12.4. The van der Waals surface area contributed by atoms with E-state index in [-0.39, 0.29) is 30.9 Å². The molecule has 10 nitrogen and oxygen atoms in total. The Morgan fingerprint density at radius 3 is 2.79 bits per heavy atom. The van der Waals surface area contributed by atoms with Crippen molar-refractivity contribution in [2.45, 2.75) is 6.54 Å². The van der Waals surface area contributed by atoms with Gasteiger partial charge in [0.15, 0.2) is 0 Å². The molecule has 2 aromatic rings. The zero-order valence-electron chi connectivity index (χ0n) is 12.7. The molecule has 2 heterocycles. The van der Waals surface area contributed by atoms with Gasteiger partial charge in [0.2, 0.25) is 17.8 Å². The second-order valence-electron chi connectivity index (χ2n) is 5.18. The van der Waals surface area contributed by atoms with E-state index in [2.05, 4.69) is 21.6 Å². The van der Waals surface area contributed by atoms with E-state index in [9.17, 15) is 9.59 Å². The number of amides is 2. The number of hydrogen-bond donors (Lipinski definition) is 1. The Kier molecular flexibility index (Phi) is 4.07. The predicted octanol–water partition coefficient (Wildman–Crippen LogP) is -0.998. The molecule has 122 valence electrons. The van der Waals surface area contributed by atoms with E-state index in [0.717, 1.165) is 0 Å². The molecule has 1 aromatic heterocycles. The van der Waals surface area contributed by atoms with Crippen molar-refractivity contribution in [2.75, 3.05) is 30.3 Å². The van der Waals surface area contributed by atoms with Crippen molar-refractivity contribution >= 4 is 23.5 Å². The zero-order chi connectivity index (χ0) is 17.1. The first-order chi connectivity index (χ1) is 11.6. The molecule has 10 heteroatoms. The van der Waals surface area contributed by atoms with Crippen molar-refractivity contribution in [3.63, 3.8) is 0 Å². The number of nitrogens with zero attached hydrogens (tertiary/aromatic N) is 7. The second kappa shape index (κ2) is 6.33. The van der Waals surface area contributed by atoms with Gasteiger partial charge in [-0.15, -0.1) is 0 Å². The van der Waals surface area contributed by atoms with Crippen LogP contribution < -0.4 is 10.6 Å². The maximum Gasteiger partial charge on any atom is 0.246 e. The number of benzene rings is 1. The molecule has 24 heavy (non-hydrogen) atoms. The van der Waals surface area contributed by atoms with E-state index >= 15 is 0 Å². The zero-order valence-corrected chi connectivity index (χ0v) is 12.7. The molecule has 2 amide bonds. The van der Waals surface area contributed by atoms with Gasteiger partial charge in [0.05, 0.1) is 11.3 Å². The first-order valence-electron chi connectivity index (χ1n) is 7.19. The SMILES string of the molecule is N#Cc1ccccc1N1CCN(C(=O)Cn2nnnc2N)CC1=O. The van der Waals surface area contributed by atoms with Crippen LogP contribution in [0.2, 0.25) is 0 Å². The van der Waals surface area contributed by atoms with Gasteiger partial charge >= 0.3 is 0 Å². The molecule has 0 spiro atoms. The summed E-state index contributed by atoms with van der Waals surface area (Å²) in [6.45, 7) is 0.474. The lowest BCUT2D eigenvalue weighted by Gasteiger charge is -2.34. The minimum absolute atomic E-state index is 0.0382. The minimum Gasteiger partial charge on any atom is -0.367 e. The summed E-state index contributed by atoms with van der Waals surface area (Å²) >= 11 is 0. The van der Waals surface area contributed by atoms with Crippen LogP contribution in [0.3, 0.4) is 0 Å². The number of piperazine rings is 1. The van der Waals surface area contributed by atoms with Gasteiger partial charge in [0.25, 0.3) is 0 Å². The molecule has 2 N–H and O–H groups in total. The fourth-order valence-electron chi connectivity index (χ4n) is 2.50. The highest BCUT2D eigenvalue weighted by Crippen LogP contribution is 2.21. The van der Waals surface area contributed by atoms with Gasteiger partial charge in [-0.05, 0) is 22.6 Å². The van der Waals surface area contributed by atoms with Gasteiger partial charge in [-0.1, -0.05) is 17.2 Å². The normalized spacial score (nSPS) is 14.5. The van der Waals surface area contributed by atoms with Crippen molar-refractivity contribution in [1.82, 2.24) is 25.1 Å². The number of tetrazole rings is 1. The van der Waals surface area contributed by atoms with Crippen LogP contribution in [0.25, 0.3) is 0 Å². The van der Waals surface area contributed by atoms with E-state index in [1.165, 1.54) is 14.5 Å². The summed E-state index contributed by atoms with van der Waals surface area (Å²) in [4.78, 5) is 27.6. The van der Waals surface area contributed by atoms with Gasteiger partial charge in [0.1, 0.15) is 19.2 Å². The molecular formula is C14H14N8O2. The lowest BCUT2D eigenvalue weighted by molar-refractivity contribution is -0.137. The number of carbonyl (C=O) groups is 2. The van der Waals surface area contributed by atoms with Crippen molar-refractivity contribution in [3.05, 3.63) is 29.8 Å². The Morgan fingerprint density at radius 2 is 2.12 bits per heavy atom. The van der Waals surface area contributed by atoms with E-state index in [1.54, 1.807) is 24.3 Å². The van der Waals surface area contributed by atoms with Crippen LogP contribution in [0.15, 0.2) is 24.3 Å². The highest BCUT2D eigenvalue weighted by molar-refractivity contribution is 5.98. The molecule has 1 aromatic carbocycles. The van der Waals surface area contributed by atoms with Gasteiger partial charge in [-0.2, -0.15) is 5.26 Å². The molecule has 0 atom stereocenters. The first-order valence-corrected chi connectivity index (χ1v) is 7.19. The largest absolute Gasteiger partial charge is 0.367 e. The molecular weight excluding hydrogens is 312 g/mol. The number of rotatable bonds is 3. The van der Waals surface area contributed by atoms with E-state index in [0.29, 0.717) is 24.3 Å². The summed E-state index contributed by atoms with van der Waals surface area (Å²) in [5, 5.41) is 19.6. The lowest BCUT2D eigenvalue weighted by atomic mass is 10.1. The standard InChI is InChI=1S/C14H14N8O2/c15-7-10-3-1-2-4-11(10)21-6-5-20(8-13(21)24)12(23)9-22-14(16)17-18-19-22/h1-4H,5-6,8-9H2,(H2,16,17,19). The Bertz CT molecular complexity index is 824. The van der Waals surface area contributed by atoms with Gasteiger partial charge < -0.3 is 15.5 Å². The molecule has 1 aliphatic heterocycles. The van der Waals surface area contributed by atoms with Crippen LogP contribution >= 0.6 is 0 Å². The van der Waals surface area contributed by atoms with Crippen LogP contribution in [0.1, 0.15) is 5.56 Å². The summed E-state index contributed by atoms with van der Waals surface area (Å²) in [5.41, 5.74) is 6.51. The molecule has 1 fully saturated rings. The Morgan fingerprint density at radius 1 is 1.33 bits per heavy atom. The van der Waals surface area contributed by atoms with Crippen molar-refractivity contribution in [2.24, 2.45) is 0 Å². The Labute approximate surface area is 137 Å². The van der Waals surface area contributed by atoms with Crippen molar-refractivity contribution in [3.8, 4) is 6.07 Å². The van der Waals surface area contributed by atoms with Gasteiger partial charge in [-0.3, -0.25) is 9.59 Å². The number of nitrogen functional groups attached to an aromatic ring is 1. The predicted molar refractivity (Wildman–Crippen MR) is 82.3 cm³/mol. The molecule has 0 radical (unpaired) electrons. The monoisotopic (exact) mass is 326 g/mol. The minimum atomic E-state index is -0.296. The smallest absolute Gasteiger partial charge is 0.246 e. The third-order valence-electron chi connectivity index (χ3n) is 3.73. The number of anilines is 2. The third kappa shape index (κ3) is 2.87. The van der Waals surface area contributed by atoms with Gasteiger partial charge in [0, 0.05) is 13.1 Å². The van der Waals surface area contributed by atoms with Crippen LogP contribution in [0.4, 0.5) is 11.6 Å². The summed E-state index contributed by atoms with van der Waals surface area (Å²) in [7, 11) is 0. The van der Waals surface area contributed by atoms with Crippen LogP contribution in [-0.4, -0.2) is 56.6 Å². The number of aromatic nitrogens is 4. The van der Waals surface area contributed by atoms with E-state index in [1.807, 2.05) is 0 Å². The molecule has 1 aliphatic rings. The summed E-state index contributed by atoms with van der Waals surface area (Å²) < 4.78 is 1.17. The highest BCUT2D eigenvalue weighted by Gasteiger charge is 2.29. The number of hydrogen-bond acceptors (Lipinski definition) is 7. The molecule has 1 saturated heterocycles. The van der Waals surface area contributed by atoms with Crippen molar-refractivity contribution < 1.29 is 9.59 Å². The first kappa shape index (κ1) is 15.4. The molecule has 3 rings (SSSR count). The van der Waals surface area contributed by atoms with Crippen LogP contribution in [0, 0.1) is 11.3 Å². The van der Waals surface area contributed by atoms with E-state index < -0.39 is 0 Å². The lowest BCUT2D eigenvalue weighted by Crippen LogP contribution is -2.53. The third-order valence-corrected chi connectivity index (χ3v) is 3.73. The number of nitrogens with two attached hydrogens (primary N) is 1. The topological polar surface area (TPSA) is 134 Å². The highest BCUT2D eigenvalue weighted by atomic mass is 16.2. The fourth-order valence-corrected chi connectivity index (χ4v) is 2.50. The molecule has 0 saturated carbocycles. The van der Waals surface area contributed by atoms with Crippen molar-refractivity contribution in [1.29, 1.82) is 5.26 Å². The average molecular weight is 326 g/mol. The Hall–Kier alpha value is -3.48. The molecule has 0 bridgehead atoms. The van der Waals surface area contributed by atoms with Crippen LogP contribution in [0.5, 0.6) is 0 Å². The molecule has 0 unspecified atom stereocenters. The summed E-state index contributed by atoms with van der Waals surface area (Å²) in [6, 6.07) is 8.95. The summed E-state index contributed by atoms with van der Waals surface area (Å²) in [6.07, 6.45) is 0. The number of carbonyl (C=O) groups excluding carboxylic acids is 2.